The van der Waals surface area contributed by atoms with E-state index < -0.39 is 30.6 Å². The average molecular weight is 398 g/mol. The van der Waals surface area contributed by atoms with Crippen LogP contribution in [-0.2, 0) is 19.7 Å². The van der Waals surface area contributed by atoms with Crippen molar-refractivity contribution in [1.29, 1.82) is 0 Å². The number of rotatable bonds is 6. The summed E-state index contributed by atoms with van der Waals surface area (Å²) in [6.07, 6.45) is 0.398. The molecule has 0 saturated carbocycles. The first-order valence-corrected chi connectivity index (χ1v) is 9.89. The Balaban J connectivity index is 1.83. The van der Waals surface area contributed by atoms with Crippen LogP contribution in [0.15, 0.2) is 60.7 Å². The summed E-state index contributed by atoms with van der Waals surface area (Å²) in [5, 5.41) is 0. The monoisotopic (exact) mass is 397 g/mol. The number of ether oxygens (including phenoxy) is 1. The third-order valence-electron chi connectivity index (χ3n) is 6.02. The first-order valence-electron chi connectivity index (χ1n) is 12.4. The minimum Gasteiger partial charge on any atom is -0.370 e. The third-order valence-corrected chi connectivity index (χ3v) is 6.02. The number of hydrogen-bond donors (Lipinski definition) is 0. The molecule has 1 unspecified atom stereocenters. The van der Waals surface area contributed by atoms with E-state index in [2.05, 4.69) is 0 Å². The van der Waals surface area contributed by atoms with Gasteiger partial charge >= 0.3 is 0 Å². The van der Waals surface area contributed by atoms with Crippen molar-refractivity contribution in [3.8, 4) is 0 Å². The van der Waals surface area contributed by atoms with E-state index in [1.54, 1.807) is 4.90 Å². The van der Waals surface area contributed by atoms with Gasteiger partial charge in [-0.2, -0.15) is 0 Å². The maximum Gasteiger partial charge on any atom is 0.248 e. The number of nitrogens with zero attached hydrogens (tertiary/aromatic N) is 2. The van der Waals surface area contributed by atoms with E-state index in [4.69, 9.17) is 11.6 Å². The van der Waals surface area contributed by atoms with Gasteiger partial charge in [0, 0.05) is 38.9 Å². The molecule has 2 aliphatic heterocycles. The minimum atomic E-state index is -3.02. The lowest BCUT2D eigenvalue weighted by atomic mass is 9.66. The second-order valence-corrected chi connectivity index (χ2v) is 7.49. The summed E-state index contributed by atoms with van der Waals surface area (Å²) in [4.78, 5) is 29.1. The number of carbonyl (C=O) groups is 2. The van der Waals surface area contributed by atoms with Crippen molar-refractivity contribution in [2.45, 2.75) is 18.7 Å². The Bertz CT molecular complexity index is 990. The first-order chi connectivity index (χ1) is 16.1. The molecule has 2 saturated heterocycles. The van der Waals surface area contributed by atoms with E-state index >= 15 is 0 Å². The summed E-state index contributed by atoms with van der Waals surface area (Å²) in [6.45, 7) is -4.67. The van der Waals surface area contributed by atoms with Crippen molar-refractivity contribution in [3.63, 3.8) is 0 Å². The lowest BCUT2D eigenvalue weighted by molar-refractivity contribution is -0.142. The highest BCUT2D eigenvalue weighted by Crippen LogP contribution is 2.47. The maximum absolute atomic E-state index is 14.2. The fourth-order valence-electron chi connectivity index (χ4n) is 4.62. The lowest BCUT2D eigenvalue weighted by Gasteiger charge is -2.36. The van der Waals surface area contributed by atoms with E-state index in [9.17, 15) is 9.59 Å². The average Bonchev–Trinajstić information content (AvgIpc) is 3.12. The molecule has 0 aromatic heterocycles. The molecule has 2 aliphatic rings. The van der Waals surface area contributed by atoms with E-state index in [1.165, 1.54) is 0 Å². The van der Waals surface area contributed by atoms with Gasteiger partial charge in [0.05, 0.1) is 6.61 Å². The van der Waals surface area contributed by atoms with E-state index in [1.807, 2.05) is 60.7 Å². The predicted molar refractivity (Wildman–Crippen MR) is 111 cm³/mol. The SMILES string of the molecule is [2H]C([2H])([2H])C([2H])([2H])N1CC(CCN2CCOCC2=O)C(c2ccccc2)(c2ccccc2)C1=O. The van der Waals surface area contributed by atoms with Crippen LogP contribution < -0.4 is 0 Å². The molecule has 0 aliphatic carbocycles. The molecular weight excluding hydrogens is 364 g/mol. The number of benzene rings is 2. The molecule has 152 valence electrons. The number of hydrogen-bond acceptors (Lipinski definition) is 3. The molecule has 0 N–H and O–H groups in total. The highest BCUT2D eigenvalue weighted by Gasteiger charge is 2.55. The highest BCUT2D eigenvalue weighted by molar-refractivity contribution is 5.94. The van der Waals surface area contributed by atoms with Gasteiger partial charge in [-0.05, 0) is 24.4 Å². The molecule has 5 heteroatoms. The van der Waals surface area contributed by atoms with Crippen LogP contribution in [0.1, 0.15) is 31.3 Å². The summed E-state index contributed by atoms with van der Waals surface area (Å²) in [7, 11) is 0. The lowest BCUT2D eigenvalue weighted by Crippen LogP contribution is -2.45. The highest BCUT2D eigenvalue weighted by atomic mass is 16.5. The number of carbonyl (C=O) groups excluding carboxylic acids is 2. The zero-order chi connectivity index (χ0) is 24.6. The second kappa shape index (κ2) is 8.37. The zero-order valence-corrected chi connectivity index (χ0v) is 16.2. The van der Waals surface area contributed by atoms with Crippen LogP contribution in [0.3, 0.4) is 0 Å². The van der Waals surface area contributed by atoms with Gasteiger partial charge in [0.1, 0.15) is 12.0 Å². The van der Waals surface area contributed by atoms with Gasteiger partial charge in [-0.25, -0.2) is 0 Å². The van der Waals surface area contributed by atoms with Crippen LogP contribution in [0.25, 0.3) is 0 Å². The van der Waals surface area contributed by atoms with Crippen molar-refractivity contribution >= 4 is 11.8 Å². The Morgan fingerprint density at radius 3 is 2.31 bits per heavy atom. The molecule has 2 amide bonds. The summed E-state index contributed by atoms with van der Waals surface area (Å²) < 4.78 is 45.3. The minimum absolute atomic E-state index is 0.0137. The molecule has 0 bridgehead atoms. The van der Waals surface area contributed by atoms with Gasteiger partial charge in [-0.3, -0.25) is 9.59 Å². The van der Waals surface area contributed by atoms with Crippen LogP contribution in [0.5, 0.6) is 0 Å². The molecule has 4 rings (SSSR count). The van der Waals surface area contributed by atoms with Crippen molar-refractivity contribution in [3.05, 3.63) is 71.8 Å². The molecule has 0 radical (unpaired) electrons. The van der Waals surface area contributed by atoms with E-state index in [0.29, 0.717) is 37.2 Å². The first kappa shape index (κ1) is 14.3. The molecule has 0 spiro atoms. The number of morpholine rings is 1. The summed E-state index contributed by atoms with van der Waals surface area (Å²) in [5.41, 5.74) is 0.0675. The molecular formula is C24H28N2O3. The van der Waals surface area contributed by atoms with Gasteiger partial charge < -0.3 is 14.5 Å². The van der Waals surface area contributed by atoms with E-state index in [-0.39, 0.29) is 19.1 Å². The second-order valence-electron chi connectivity index (χ2n) is 7.49. The van der Waals surface area contributed by atoms with E-state index in [0.717, 1.165) is 4.90 Å². The number of amides is 2. The topological polar surface area (TPSA) is 49.9 Å². The Hall–Kier alpha value is -2.66. The Morgan fingerprint density at radius 1 is 1.07 bits per heavy atom. The molecule has 2 fully saturated rings. The maximum atomic E-state index is 14.2. The summed E-state index contributed by atoms with van der Waals surface area (Å²) in [6, 6.07) is 18.2. The third kappa shape index (κ3) is 3.44. The van der Waals surface area contributed by atoms with Gasteiger partial charge in [0.25, 0.3) is 0 Å². The number of likely N-dealkylation sites (N-methyl/N-ethyl adjacent to an activating group) is 1. The molecule has 2 heterocycles. The van der Waals surface area contributed by atoms with Crippen molar-refractivity contribution in [1.82, 2.24) is 9.80 Å². The molecule has 2 aromatic rings. The quantitative estimate of drug-likeness (QED) is 0.753. The smallest absolute Gasteiger partial charge is 0.248 e. The molecule has 2 aromatic carbocycles. The van der Waals surface area contributed by atoms with Crippen LogP contribution in [0, 0.1) is 5.92 Å². The summed E-state index contributed by atoms with van der Waals surface area (Å²) in [5.74, 6) is -1.17. The fraction of sp³-hybridized carbons (Fsp3) is 0.417. The molecule has 1 atom stereocenters. The Morgan fingerprint density at radius 2 is 1.72 bits per heavy atom. The van der Waals surface area contributed by atoms with Crippen LogP contribution >= 0.6 is 0 Å². The van der Waals surface area contributed by atoms with Crippen LogP contribution in [0.2, 0.25) is 0 Å². The zero-order valence-electron chi connectivity index (χ0n) is 21.2. The Kier molecular flexibility index (Phi) is 4.14. The Labute approximate surface area is 179 Å². The molecule has 5 nitrogen and oxygen atoms in total. The number of likely N-dealkylation sites (tertiary alicyclic amines) is 1. The van der Waals surface area contributed by atoms with Crippen LogP contribution in [-0.4, -0.2) is 61.0 Å². The predicted octanol–water partition coefficient (Wildman–Crippen LogP) is 2.70. The van der Waals surface area contributed by atoms with Gasteiger partial charge in [-0.1, -0.05) is 60.7 Å². The largest absolute Gasteiger partial charge is 0.370 e. The van der Waals surface area contributed by atoms with Crippen LogP contribution in [0.4, 0.5) is 0 Å². The van der Waals surface area contributed by atoms with Crippen molar-refractivity contribution < 1.29 is 21.2 Å². The van der Waals surface area contributed by atoms with Crippen molar-refractivity contribution in [2.75, 3.05) is 39.3 Å². The standard InChI is InChI=1S/C24H28N2O3/c1-2-25-17-21(13-14-26-15-16-29-18-22(26)27)24(23(25)28,19-9-5-3-6-10-19)20-11-7-4-8-12-20/h3-12,21H,2,13-18H2,1H3/i1D3,2D2. The van der Waals surface area contributed by atoms with Gasteiger partial charge in [0.15, 0.2) is 0 Å². The van der Waals surface area contributed by atoms with Gasteiger partial charge in [0.2, 0.25) is 11.8 Å². The fourth-order valence-corrected chi connectivity index (χ4v) is 4.62. The van der Waals surface area contributed by atoms with Crippen molar-refractivity contribution in [2.24, 2.45) is 5.92 Å². The normalized spacial score (nSPS) is 25.1. The molecule has 29 heavy (non-hydrogen) atoms. The van der Waals surface area contributed by atoms with Gasteiger partial charge in [-0.15, -0.1) is 0 Å². The summed E-state index contributed by atoms with van der Waals surface area (Å²) >= 11 is 0.